The number of primary sulfonamides is 1. The van der Waals surface area contributed by atoms with Crippen LogP contribution in [0.2, 0.25) is 0 Å². The summed E-state index contributed by atoms with van der Waals surface area (Å²) in [5, 5.41) is 16.3. The van der Waals surface area contributed by atoms with E-state index in [0.717, 1.165) is 5.56 Å². The Labute approximate surface area is 150 Å². The number of non-ortho nitro benzene ring substituents is 1. The quantitative estimate of drug-likeness (QED) is 0.649. The molecule has 9 heteroatoms. The van der Waals surface area contributed by atoms with Crippen LogP contribution in [0.4, 0.5) is 11.4 Å². The van der Waals surface area contributed by atoms with Gasteiger partial charge in [-0.2, -0.15) is 0 Å². The lowest BCUT2D eigenvalue weighted by atomic mass is 10.1. The predicted molar refractivity (Wildman–Crippen MR) is 95.8 cm³/mol. The van der Waals surface area contributed by atoms with Gasteiger partial charge in [0.2, 0.25) is 10.0 Å². The summed E-state index contributed by atoms with van der Waals surface area (Å²) in [7, 11) is -3.97. The van der Waals surface area contributed by atoms with Gasteiger partial charge in [0.05, 0.1) is 15.5 Å². The summed E-state index contributed by atoms with van der Waals surface area (Å²) in [4.78, 5) is 24.8. The van der Waals surface area contributed by atoms with E-state index in [4.69, 9.17) is 5.14 Å². The summed E-state index contributed by atoms with van der Waals surface area (Å²) in [6.45, 7) is 3.69. The van der Waals surface area contributed by atoms with Crippen molar-refractivity contribution in [2.45, 2.75) is 25.2 Å². The third-order valence-electron chi connectivity index (χ3n) is 4.59. The highest BCUT2D eigenvalue weighted by Crippen LogP contribution is 2.33. The van der Waals surface area contributed by atoms with Crippen LogP contribution in [0, 0.1) is 24.0 Å². The van der Waals surface area contributed by atoms with Gasteiger partial charge in [0.25, 0.3) is 11.6 Å². The van der Waals surface area contributed by atoms with Crippen molar-refractivity contribution >= 4 is 27.3 Å². The number of anilines is 1. The minimum Gasteiger partial charge on any atom is -0.307 e. The highest BCUT2D eigenvalue weighted by atomic mass is 32.2. The van der Waals surface area contributed by atoms with Crippen LogP contribution in [0.3, 0.4) is 0 Å². The molecule has 26 heavy (non-hydrogen) atoms. The topological polar surface area (TPSA) is 124 Å². The van der Waals surface area contributed by atoms with E-state index < -0.39 is 20.9 Å². The average molecular weight is 375 g/mol. The molecule has 0 spiro atoms. The van der Waals surface area contributed by atoms with Crippen LogP contribution in [0.25, 0.3) is 0 Å². The first kappa shape index (κ1) is 18.0. The highest BCUT2D eigenvalue weighted by molar-refractivity contribution is 7.89. The summed E-state index contributed by atoms with van der Waals surface area (Å²) in [6.07, 6.45) is 0.575. The maximum Gasteiger partial charge on any atom is 0.271 e. The summed E-state index contributed by atoms with van der Waals surface area (Å²) >= 11 is 0. The first-order valence-corrected chi connectivity index (χ1v) is 9.37. The Balaban J connectivity index is 2.07. The number of nitro benzene ring substituents is 1. The minimum absolute atomic E-state index is 0.0979. The second kappa shape index (κ2) is 6.19. The Kier molecular flexibility index (Phi) is 4.29. The Morgan fingerprint density at radius 3 is 2.54 bits per heavy atom. The van der Waals surface area contributed by atoms with E-state index in [1.165, 1.54) is 23.1 Å². The van der Waals surface area contributed by atoms with E-state index in [0.29, 0.717) is 29.8 Å². The number of amides is 1. The molecule has 136 valence electrons. The van der Waals surface area contributed by atoms with Crippen molar-refractivity contribution in [3.8, 4) is 0 Å². The van der Waals surface area contributed by atoms with Crippen LogP contribution in [0.5, 0.6) is 0 Å². The van der Waals surface area contributed by atoms with Crippen molar-refractivity contribution in [2.24, 2.45) is 5.14 Å². The number of nitrogens with zero attached hydrogens (tertiary/aromatic N) is 2. The van der Waals surface area contributed by atoms with Crippen LogP contribution in [-0.2, 0) is 16.4 Å². The van der Waals surface area contributed by atoms with E-state index in [-0.39, 0.29) is 16.1 Å². The number of nitro groups is 1. The zero-order chi connectivity index (χ0) is 19.2. The standard InChI is InChI=1S/C17H17N3O5S/c1-10-7-13(8-16(11(10)2)26(18,24)25)17(21)19-6-5-12-3-4-14(20(22)23)9-15(12)19/h3-4,7-9H,5-6H2,1-2H3,(H2,18,24,25). The minimum atomic E-state index is -3.97. The van der Waals surface area contributed by atoms with Gasteiger partial charge in [-0.25, -0.2) is 13.6 Å². The van der Waals surface area contributed by atoms with Gasteiger partial charge in [-0.15, -0.1) is 0 Å². The van der Waals surface area contributed by atoms with Crippen LogP contribution in [-0.4, -0.2) is 25.8 Å². The van der Waals surface area contributed by atoms with Crippen LogP contribution in [0.1, 0.15) is 27.0 Å². The van der Waals surface area contributed by atoms with Gasteiger partial charge in [-0.3, -0.25) is 14.9 Å². The van der Waals surface area contributed by atoms with E-state index in [2.05, 4.69) is 0 Å². The van der Waals surface area contributed by atoms with Gasteiger partial charge >= 0.3 is 0 Å². The fraction of sp³-hybridized carbons (Fsp3) is 0.235. The zero-order valence-corrected chi connectivity index (χ0v) is 15.0. The molecular formula is C17H17N3O5S. The van der Waals surface area contributed by atoms with Crippen molar-refractivity contribution in [1.82, 2.24) is 0 Å². The molecule has 8 nitrogen and oxygen atoms in total. The van der Waals surface area contributed by atoms with Crippen molar-refractivity contribution in [2.75, 3.05) is 11.4 Å². The summed E-state index contributed by atoms with van der Waals surface area (Å²) < 4.78 is 23.6. The van der Waals surface area contributed by atoms with Crippen LogP contribution < -0.4 is 10.0 Å². The molecule has 0 aliphatic carbocycles. The molecule has 0 saturated carbocycles. The molecule has 1 amide bonds. The molecule has 0 atom stereocenters. The lowest BCUT2D eigenvalue weighted by Crippen LogP contribution is -2.29. The molecule has 0 radical (unpaired) electrons. The molecule has 1 heterocycles. The molecule has 0 bridgehead atoms. The Morgan fingerprint density at radius 1 is 1.23 bits per heavy atom. The van der Waals surface area contributed by atoms with Crippen LogP contribution >= 0.6 is 0 Å². The summed E-state index contributed by atoms with van der Waals surface area (Å²) in [5.41, 5.74) is 2.49. The smallest absolute Gasteiger partial charge is 0.271 e. The first-order chi connectivity index (χ1) is 12.1. The third-order valence-corrected chi connectivity index (χ3v) is 5.63. The Hall–Kier alpha value is -2.78. The maximum atomic E-state index is 13.0. The van der Waals surface area contributed by atoms with Gasteiger partial charge in [0.15, 0.2) is 0 Å². The molecule has 2 N–H and O–H groups in total. The monoisotopic (exact) mass is 375 g/mol. The van der Waals surface area contributed by atoms with Gasteiger partial charge < -0.3 is 4.90 Å². The zero-order valence-electron chi connectivity index (χ0n) is 14.2. The molecule has 0 aromatic heterocycles. The Morgan fingerprint density at radius 2 is 1.92 bits per heavy atom. The number of fused-ring (bicyclic) bond motifs is 1. The molecule has 0 fully saturated rings. The molecule has 1 aliphatic rings. The number of benzene rings is 2. The number of rotatable bonds is 3. The molecule has 2 aromatic rings. The highest BCUT2D eigenvalue weighted by Gasteiger charge is 2.28. The predicted octanol–water partition coefficient (Wildman–Crippen LogP) is 2.06. The summed E-state index contributed by atoms with van der Waals surface area (Å²) in [5.74, 6) is -0.419. The molecule has 3 rings (SSSR count). The number of carbonyl (C=O) groups excluding carboxylic acids is 1. The van der Waals surface area contributed by atoms with Crippen molar-refractivity contribution in [3.63, 3.8) is 0 Å². The molecule has 0 unspecified atom stereocenters. The average Bonchev–Trinajstić information content (AvgIpc) is 2.98. The van der Waals surface area contributed by atoms with Gasteiger partial charge in [0, 0.05) is 24.2 Å². The SMILES string of the molecule is Cc1cc(C(=O)N2CCc3ccc([N+](=O)[O-])cc32)cc(S(N)(=O)=O)c1C. The summed E-state index contributed by atoms with van der Waals surface area (Å²) in [6, 6.07) is 7.26. The first-order valence-electron chi connectivity index (χ1n) is 7.83. The molecular weight excluding hydrogens is 358 g/mol. The van der Waals surface area contributed by atoms with E-state index in [9.17, 15) is 23.3 Å². The number of aryl methyl sites for hydroxylation is 1. The number of hydrogen-bond acceptors (Lipinski definition) is 5. The van der Waals surface area contributed by atoms with Gasteiger partial charge in [0.1, 0.15) is 0 Å². The van der Waals surface area contributed by atoms with Crippen LogP contribution in [0.15, 0.2) is 35.2 Å². The number of nitrogens with two attached hydrogens (primary N) is 1. The molecule has 0 saturated heterocycles. The molecule has 1 aliphatic heterocycles. The van der Waals surface area contributed by atoms with E-state index >= 15 is 0 Å². The van der Waals surface area contributed by atoms with E-state index in [1.54, 1.807) is 26.0 Å². The largest absolute Gasteiger partial charge is 0.307 e. The maximum absolute atomic E-state index is 13.0. The van der Waals surface area contributed by atoms with Crippen molar-refractivity contribution in [1.29, 1.82) is 0 Å². The fourth-order valence-corrected chi connectivity index (χ4v) is 3.97. The van der Waals surface area contributed by atoms with Crippen molar-refractivity contribution < 1.29 is 18.1 Å². The van der Waals surface area contributed by atoms with E-state index in [1.807, 2.05) is 0 Å². The normalized spacial score (nSPS) is 13.6. The lowest BCUT2D eigenvalue weighted by Gasteiger charge is -2.19. The Bertz CT molecular complexity index is 1050. The number of carbonyl (C=O) groups is 1. The molecule has 2 aromatic carbocycles. The second-order valence-corrected chi connectivity index (χ2v) is 7.77. The second-order valence-electron chi connectivity index (χ2n) is 6.24. The fourth-order valence-electron chi connectivity index (χ4n) is 3.09. The number of sulfonamides is 1. The van der Waals surface area contributed by atoms with Gasteiger partial charge in [-0.05, 0) is 49.1 Å². The van der Waals surface area contributed by atoms with Gasteiger partial charge in [-0.1, -0.05) is 6.07 Å². The van der Waals surface area contributed by atoms with Crippen molar-refractivity contribution in [3.05, 3.63) is 62.7 Å². The third kappa shape index (κ3) is 3.06. The lowest BCUT2D eigenvalue weighted by molar-refractivity contribution is -0.384. The number of hydrogen-bond donors (Lipinski definition) is 1.